The van der Waals surface area contributed by atoms with E-state index < -0.39 is 12.0 Å². The van der Waals surface area contributed by atoms with Crippen LogP contribution in [0, 0.1) is 12.8 Å². The van der Waals surface area contributed by atoms with Gasteiger partial charge in [0.25, 0.3) is 0 Å². The minimum absolute atomic E-state index is 0.162. The van der Waals surface area contributed by atoms with Crippen LogP contribution < -0.4 is 0 Å². The molecule has 1 aromatic rings. The largest absolute Gasteiger partial charge is 0.508 e. The van der Waals surface area contributed by atoms with Crippen molar-refractivity contribution in [3.05, 3.63) is 29.3 Å². The average molecular weight is 249 g/mol. The number of rotatable bonds is 3. The summed E-state index contributed by atoms with van der Waals surface area (Å²) in [5.74, 6) is -0.370. The highest BCUT2D eigenvalue weighted by Gasteiger charge is 2.36. The van der Waals surface area contributed by atoms with Gasteiger partial charge < -0.3 is 10.2 Å². The standard InChI is InChI=1S/C14H19NO3/c1-9-3-4-12(16)11(7-9)8-15-6-5-10(2)13(15)14(17)18/h3-4,7,10,13,16H,5-6,8H2,1-2H3,(H,17,18). The molecule has 1 heterocycles. The zero-order valence-corrected chi connectivity index (χ0v) is 10.8. The van der Waals surface area contributed by atoms with Crippen molar-refractivity contribution in [2.24, 2.45) is 5.92 Å². The molecular formula is C14H19NO3. The number of phenolic OH excluding ortho intramolecular Hbond substituents is 1. The van der Waals surface area contributed by atoms with Crippen molar-refractivity contribution in [3.63, 3.8) is 0 Å². The first-order chi connectivity index (χ1) is 8.49. The van der Waals surface area contributed by atoms with Crippen molar-refractivity contribution in [2.75, 3.05) is 6.54 Å². The summed E-state index contributed by atoms with van der Waals surface area (Å²) in [4.78, 5) is 13.2. The van der Waals surface area contributed by atoms with E-state index in [0.29, 0.717) is 6.54 Å². The number of aromatic hydroxyl groups is 1. The molecular weight excluding hydrogens is 230 g/mol. The zero-order valence-electron chi connectivity index (χ0n) is 10.8. The topological polar surface area (TPSA) is 60.8 Å². The molecule has 0 aromatic heterocycles. The molecule has 0 saturated carbocycles. The SMILES string of the molecule is Cc1ccc(O)c(CN2CCC(C)C2C(=O)O)c1. The second-order valence-corrected chi connectivity index (χ2v) is 5.15. The monoisotopic (exact) mass is 249 g/mol. The van der Waals surface area contributed by atoms with Crippen LogP contribution in [0.15, 0.2) is 18.2 Å². The quantitative estimate of drug-likeness (QED) is 0.860. The van der Waals surface area contributed by atoms with Crippen LogP contribution in [-0.2, 0) is 11.3 Å². The number of benzene rings is 1. The van der Waals surface area contributed by atoms with Crippen molar-refractivity contribution in [1.29, 1.82) is 0 Å². The van der Waals surface area contributed by atoms with E-state index in [2.05, 4.69) is 0 Å². The number of carbonyl (C=O) groups is 1. The molecule has 1 fully saturated rings. The number of phenols is 1. The van der Waals surface area contributed by atoms with Crippen LogP contribution >= 0.6 is 0 Å². The normalized spacial score (nSPS) is 24.3. The summed E-state index contributed by atoms with van der Waals surface area (Å²) in [6.45, 7) is 5.19. The number of aliphatic carboxylic acids is 1. The van der Waals surface area contributed by atoms with E-state index in [1.807, 2.05) is 30.9 Å². The van der Waals surface area contributed by atoms with E-state index in [0.717, 1.165) is 24.1 Å². The van der Waals surface area contributed by atoms with Gasteiger partial charge in [0.15, 0.2) is 0 Å². The maximum atomic E-state index is 11.3. The molecule has 0 aliphatic carbocycles. The van der Waals surface area contributed by atoms with Gasteiger partial charge in [-0.1, -0.05) is 24.6 Å². The summed E-state index contributed by atoms with van der Waals surface area (Å²) in [6.07, 6.45) is 0.892. The molecule has 2 unspecified atom stereocenters. The van der Waals surface area contributed by atoms with E-state index in [-0.39, 0.29) is 11.7 Å². The highest BCUT2D eigenvalue weighted by molar-refractivity contribution is 5.74. The van der Waals surface area contributed by atoms with Crippen molar-refractivity contribution in [1.82, 2.24) is 4.90 Å². The average Bonchev–Trinajstić information content (AvgIpc) is 2.65. The molecule has 1 saturated heterocycles. The Morgan fingerprint density at radius 3 is 2.89 bits per heavy atom. The van der Waals surface area contributed by atoms with Crippen molar-refractivity contribution in [2.45, 2.75) is 32.9 Å². The lowest BCUT2D eigenvalue weighted by atomic mass is 10.0. The summed E-state index contributed by atoms with van der Waals surface area (Å²) in [5, 5.41) is 19.1. The highest BCUT2D eigenvalue weighted by atomic mass is 16.4. The molecule has 98 valence electrons. The number of likely N-dealkylation sites (tertiary alicyclic amines) is 1. The molecule has 2 atom stereocenters. The molecule has 1 aliphatic rings. The van der Waals surface area contributed by atoms with Gasteiger partial charge in [-0.05, 0) is 31.9 Å². The van der Waals surface area contributed by atoms with E-state index in [1.54, 1.807) is 6.07 Å². The fourth-order valence-electron chi connectivity index (χ4n) is 2.66. The van der Waals surface area contributed by atoms with Crippen molar-refractivity contribution in [3.8, 4) is 5.75 Å². The molecule has 0 amide bonds. The lowest BCUT2D eigenvalue weighted by molar-refractivity contribution is -0.143. The van der Waals surface area contributed by atoms with Gasteiger partial charge >= 0.3 is 5.97 Å². The summed E-state index contributed by atoms with van der Waals surface area (Å²) < 4.78 is 0. The van der Waals surface area contributed by atoms with Crippen LogP contribution in [0.1, 0.15) is 24.5 Å². The van der Waals surface area contributed by atoms with Gasteiger partial charge in [-0.25, -0.2) is 0 Å². The van der Waals surface area contributed by atoms with Gasteiger partial charge in [0, 0.05) is 12.1 Å². The minimum atomic E-state index is -0.771. The zero-order chi connectivity index (χ0) is 13.3. The predicted octanol–water partition coefficient (Wildman–Crippen LogP) is 2.00. The van der Waals surface area contributed by atoms with Gasteiger partial charge in [0.05, 0.1) is 0 Å². The number of carboxylic acids is 1. The van der Waals surface area contributed by atoms with Crippen LogP contribution in [0.4, 0.5) is 0 Å². The highest BCUT2D eigenvalue weighted by Crippen LogP contribution is 2.28. The predicted molar refractivity (Wildman–Crippen MR) is 68.5 cm³/mol. The number of nitrogens with zero attached hydrogens (tertiary/aromatic N) is 1. The smallest absolute Gasteiger partial charge is 0.321 e. The van der Waals surface area contributed by atoms with Crippen LogP contribution in [0.3, 0.4) is 0 Å². The van der Waals surface area contributed by atoms with Crippen LogP contribution in [0.5, 0.6) is 5.75 Å². The Hall–Kier alpha value is -1.55. The summed E-state index contributed by atoms with van der Waals surface area (Å²) >= 11 is 0. The Labute approximate surface area is 107 Å². The van der Waals surface area contributed by atoms with Gasteiger partial charge in [-0.2, -0.15) is 0 Å². The molecule has 1 aliphatic heterocycles. The molecule has 18 heavy (non-hydrogen) atoms. The maximum Gasteiger partial charge on any atom is 0.321 e. The third-order valence-electron chi connectivity index (χ3n) is 3.67. The van der Waals surface area contributed by atoms with E-state index in [9.17, 15) is 15.0 Å². The van der Waals surface area contributed by atoms with Gasteiger partial charge in [-0.15, -0.1) is 0 Å². The van der Waals surface area contributed by atoms with E-state index in [1.165, 1.54) is 0 Å². The number of hydrogen-bond donors (Lipinski definition) is 2. The Kier molecular flexibility index (Phi) is 3.57. The lowest BCUT2D eigenvalue weighted by Gasteiger charge is -2.23. The van der Waals surface area contributed by atoms with Gasteiger partial charge in [0.1, 0.15) is 11.8 Å². The molecule has 1 aromatic carbocycles. The second-order valence-electron chi connectivity index (χ2n) is 5.15. The third-order valence-corrected chi connectivity index (χ3v) is 3.67. The van der Waals surface area contributed by atoms with Crippen LogP contribution in [0.2, 0.25) is 0 Å². The first-order valence-corrected chi connectivity index (χ1v) is 6.24. The van der Waals surface area contributed by atoms with Crippen molar-refractivity contribution >= 4 is 5.97 Å². The third kappa shape index (κ3) is 2.48. The second kappa shape index (κ2) is 4.98. The first kappa shape index (κ1) is 12.9. The van der Waals surface area contributed by atoms with Crippen molar-refractivity contribution < 1.29 is 15.0 Å². The van der Waals surface area contributed by atoms with E-state index in [4.69, 9.17) is 0 Å². The van der Waals surface area contributed by atoms with Gasteiger partial charge in [0.2, 0.25) is 0 Å². The summed E-state index contributed by atoms with van der Waals surface area (Å²) in [6, 6.07) is 4.99. The molecule has 4 nitrogen and oxygen atoms in total. The maximum absolute atomic E-state index is 11.3. The molecule has 2 rings (SSSR count). The lowest BCUT2D eigenvalue weighted by Crippen LogP contribution is -2.38. The van der Waals surface area contributed by atoms with Crippen LogP contribution in [0.25, 0.3) is 0 Å². The molecule has 0 radical (unpaired) electrons. The Balaban J connectivity index is 2.18. The number of hydrogen-bond acceptors (Lipinski definition) is 3. The fourth-order valence-corrected chi connectivity index (χ4v) is 2.66. The molecule has 4 heteroatoms. The molecule has 0 bridgehead atoms. The summed E-state index contributed by atoms with van der Waals surface area (Å²) in [5.41, 5.74) is 1.87. The number of carboxylic acid groups (broad SMARTS) is 1. The Bertz CT molecular complexity index is 458. The van der Waals surface area contributed by atoms with E-state index >= 15 is 0 Å². The molecule has 2 N–H and O–H groups in total. The first-order valence-electron chi connectivity index (χ1n) is 6.24. The van der Waals surface area contributed by atoms with Crippen LogP contribution in [-0.4, -0.2) is 33.7 Å². The fraction of sp³-hybridized carbons (Fsp3) is 0.500. The minimum Gasteiger partial charge on any atom is -0.508 e. The summed E-state index contributed by atoms with van der Waals surface area (Å²) in [7, 11) is 0. The van der Waals surface area contributed by atoms with Gasteiger partial charge in [-0.3, -0.25) is 9.69 Å². The Morgan fingerprint density at radius 1 is 1.50 bits per heavy atom. The molecule has 0 spiro atoms. The number of aryl methyl sites for hydroxylation is 1. The Morgan fingerprint density at radius 2 is 2.22 bits per heavy atom.